The number of nitrogens with zero attached hydrogens (tertiary/aromatic N) is 3. The second-order valence-corrected chi connectivity index (χ2v) is 10.4. The summed E-state index contributed by atoms with van der Waals surface area (Å²) in [5.41, 5.74) is 11.6. The van der Waals surface area contributed by atoms with Gasteiger partial charge in [-0.3, -0.25) is 9.71 Å². The van der Waals surface area contributed by atoms with Gasteiger partial charge in [0.2, 0.25) is 0 Å². The van der Waals surface area contributed by atoms with Crippen LogP contribution in [0.25, 0.3) is 5.70 Å². The number of hydrogen-bond acceptors (Lipinski definition) is 6. The molecule has 0 atom stereocenters. The Kier molecular flexibility index (Phi) is 9.54. The van der Waals surface area contributed by atoms with Gasteiger partial charge in [0.15, 0.2) is 0 Å². The van der Waals surface area contributed by atoms with Crippen molar-refractivity contribution in [1.29, 1.82) is 0 Å². The molecule has 1 aromatic carbocycles. The summed E-state index contributed by atoms with van der Waals surface area (Å²) in [6, 6.07) is 5.62. The van der Waals surface area contributed by atoms with E-state index in [0.29, 0.717) is 11.4 Å². The maximum atomic E-state index is 13.2. The van der Waals surface area contributed by atoms with E-state index in [1.807, 2.05) is 52.8 Å². The lowest BCUT2D eigenvalue weighted by atomic mass is 10.1. The second kappa shape index (κ2) is 11.9. The lowest BCUT2D eigenvalue weighted by Gasteiger charge is -2.38. The maximum absolute atomic E-state index is 13.2. The van der Waals surface area contributed by atoms with Gasteiger partial charge in [-0.25, -0.2) is 8.42 Å². The van der Waals surface area contributed by atoms with Gasteiger partial charge in [0.05, 0.1) is 17.2 Å². The molecule has 1 aromatic rings. The molecule has 1 aliphatic rings. The van der Waals surface area contributed by atoms with Crippen LogP contribution in [0.4, 0.5) is 5.69 Å². The van der Waals surface area contributed by atoms with Crippen LogP contribution in [-0.4, -0.2) is 50.6 Å². The third-order valence-electron chi connectivity index (χ3n) is 6.09. The van der Waals surface area contributed by atoms with Crippen LogP contribution in [0.15, 0.2) is 76.1 Å². The number of nitrogens with one attached hydrogen (secondary N) is 1. The van der Waals surface area contributed by atoms with Crippen LogP contribution in [-0.2, 0) is 10.0 Å². The number of anilines is 1. The van der Waals surface area contributed by atoms with Crippen LogP contribution in [0, 0.1) is 6.92 Å². The van der Waals surface area contributed by atoms with Gasteiger partial charge in [0.1, 0.15) is 4.91 Å². The van der Waals surface area contributed by atoms with Gasteiger partial charge >= 0.3 is 0 Å². The van der Waals surface area contributed by atoms with Crippen LogP contribution in [0.5, 0.6) is 0 Å². The molecule has 0 bridgehead atoms. The first-order valence-corrected chi connectivity index (χ1v) is 13.2. The summed E-state index contributed by atoms with van der Waals surface area (Å²) in [5, 5.41) is 0. The topological polar surface area (TPSA) is 91.0 Å². The van der Waals surface area contributed by atoms with Crippen LogP contribution < -0.4 is 10.5 Å². The van der Waals surface area contributed by atoms with Crippen molar-refractivity contribution in [2.45, 2.75) is 41.5 Å². The molecule has 0 unspecified atom stereocenters. The normalized spacial score (nSPS) is 15.7. The zero-order valence-corrected chi connectivity index (χ0v) is 22.7. The second-order valence-electron chi connectivity index (χ2n) is 8.72. The molecule has 1 heterocycles. The Morgan fingerprint density at radius 3 is 2.20 bits per heavy atom. The van der Waals surface area contributed by atoms with Gasteiger partial charge in [0, 0.05) is 38.1 Å². The minimum absolute atomic E-state index is 0.0348. The van der Waals surface area contributed by atoms with E-state index >= 15 is 0 Å². The summed E-state index contributed by atoms with van der Waals surface area (Å²) >= 11 is 0. The molecule has 0 spiro atoms. The first-order valence-electron chi connectivity index (χ1n) is 11.7. The Balaban J connectivity index is 2.25. The Labute approximate surface area is 211 Å². The van der Waals surface area contributed by atoms with Crippen molar-refractivity contribution < 1.29 is 8.42 Å². The molecule has 8 heteroatoms. The molecule has 0 radical (unpaired) electrons. The number of benzene rings is 1. The molecule has 0 aliphatic carbocycles. The zero-order chi connectivity index (χ0) is 26.3. The van der Waals surface area contributed by atoms with Gasteiger partial charge in [-0.15, -0.1) is 0 Å². The highest BCUT2D eigenvalue weighted by atomic mass is 32.2. The molecule has 35 heavy (non-hydrogen) atoms. The molecule has 1 aliphatic heterocycles. The largest absolute Gasteiger partial charge is 0.385 e. The summed E-state index contributed by atoms with van der Waals surface area (Å²) in [6.07, 6.45) is 4.71. The molecule has 7 nitrogen and oxygen atoms in total. The quantitative estimate of drug-likeness (QED) is 0.370. The fraction of sp³-hybridized carbons (Fsp3) is 0.370. The lowest BCUT2D eigenvalue weighted by molar-refractivity contribution is 0.210. The van der Waals surface area contributed by atoms with Crippen LogP contribution in [0.1, 0.15) is 45.7 Å². The van der Waals surface area contributed by atoms with E-state index in [1.54, 1.807) is 19.2 Å². The van der Waals surface area contributed by atoms with E-state index in [9.17, 15) is 8.42 Å². The number of aliphatic imine (C=N–C) groups is 1. The van der Waals surface area contributed by atoms with E-state index in [-0.39, 0.29) is 4.91 Å². The SMILES string of the molecule is C=C/C(=C(/N=C\C)C(\C)=C/C)S(=O)(=O)Nc1ccc(C(=C)N2CCN(C(N)=C(C)C)CC2)cc1C. The summed E-state index contributed by atoms with van der Waals surface area (Å²) in [6.45, 7) is 22.6. The number of nitrogens with two attached hydrogens (primary N) is 1. The van der Waals surface area contributed by atoms with Crippen molar-refractivity contribution in [3.05, 3.63) is 82.2 Å². The Bertz CT molecular complexity index is 1190. The highest BCUT2D eigenvalue weighted by Gasteiger charge is 2.23. The number of sulfonamides is 1. The van der Waals surface area contributed by atoms with Crippen LogP contribution >= 0.6 is 0 Å². The number of hydrogen-bond donors (Lipinski definition) is 2. The minimum Gasteiger partial charge on any atom is -0.385 e. The minimum atomic E-state index is -3.90. The molecule has 1 fully saturated rings. The van der Waals surface area contributed by atoms with E-state index in [0.717, 1.165) is 60.0 Å². The smallest absolute Gasteiger partial charge is 0.264 e. The van der Waals surface area contributed by atoms with Crippen LogP contribution in [0.3, 0.4) is 0 Å². The fourth-order valence-corrected chi connectivity index (χ4v) is 5.15. The van der Waals surface area contributed by atoms with Crippen molar-refractivity contribution in [2.24, 2.45) is 10.7 Å². The van der Waals surface area contributed by atoms with Gasteiger partial charge in [0.25, 0.3) is 10.0 Å². The van der Waals surface area contributed by atoms with Crippen molar-refractivity contribution in [3.8, 4) is 0 Å². The molecule has 0 saturated carbocycles. The molecule has 3 N–H and O–H groups in total. The summed E-state index contributed by atoms with van der Waals surface area (Å²) in [7, 11) is -3.90. The number of piperazine rings is 1. The monoisotopic (exact) mass is 497 g/mol. The first-order chi connectivity index (χ1) is 16.5. The third kappa shape index (κ3) is 6.66. The van der Waals surface area contributed by atoms with E-state index in [1.165, 1.54) is 6.08 Å². The molecule has 0 amide bonds. The molecular weight excluding hydrogens is 458 g/mol. The Morgan fingerprint density at radius 1 is 1.11 bits per heavy atom. The summed E-state index contributed by atoms with van der Waals surface area (Å²) in [4.78, 5) is 8.74. The molecule has 2 rings (SSSR count). The maximum Gasteiger partial charge on any atom is 0.264 e. The van der Waals surface area contributed by atoms with Gasteiger partial charge in [-0.2, -0.15) is 0 Å². The standard InChI is InChI=1S/C27H39N5O2S/c1-9-20(6)26(29-11-3)25(10-2)35(33,34)30-24-13-12-23(18-21(24)7)22(8)31-14-16-32(17-15-31)27(28)19(4)5/h9-13,18,30H,2,8,14-17,28H2,1,3-7H3/b20-9-,26-25-,29-11-. The van der Waals surface area contributed by atoms with Crippen LogP contribution in [0.2, 0.25) is 0 Å². The van der Waals surface area contributed by atoms with E-state index in [2.05, 4.69) is 32.7 Å². The molecular formula is C27H39N5O2S. The Morgan fingerprint density at radius 2 is 1.71 bits per heavy atom. The lowest BCUT2D eigenvalue weighted by Crippen LogP contribution is -2.46. The van der Waals surface area contributed by atoms with Crippen molar-refractivity contribution in [2.75, 3.05) is 30.9 Å². The molecule has 0 aromatic heterocycles. The van der Waals surface area contributed by atoms with Crippen molar-refractivity contribution >= 4 is 27.6 Å². The molecule has 1 saturated heterocycles. The van der Waals surface area contributed by atoms with Gasteiger partial charge in [-0.05, 0) is 82.0 Å². The summed E-state index contributed by atoms with van der Waals surface area (Å²) in [5.74, 6) is 0.841. The predicted molar refractivity (Wildman–Crippen MR) is 149 cm³/mol. The average molecular weight is 498 g/mol. The van der Waals surface area contributed by atoms with E-state index in [4.69, 9.17) is 5.73 Å². The highest BCUT2D eigenvalue weighted by molar-refractivity contribution is 7.96. The predicted octanol–water partition coefficient (Wildman–Crippen LogP) is 4.99. The first kappa shape index (κ1) is 28.0. The van der Waals surface area contributed by atoms with Gasteiger partial charge < -0.3 is 15.5 Å². The number of allylic oxidation sites excluding steroid dienone is 4. The summed E-state index contributed by atoms with van der Waals surface area (Å²) < 4.78 is 29.2. The number of aryl methyl sites for hydroxylation is 1. The average Bonchev–Trinajstić information content (AvgIpc) is 2.83. The number of rotatable bonds is 9. The zero-order valence-electron chi connectivity index (χ0n) is 21.9. The highest BCUT2D eigenvalue weighted by Crippen LogP contribution is 2.28. The van der Waals surface area contributed by atoms with Gasteiger partial charge in [-0.1, -0.05) is 25.3 Å². The van der Waals surface area contributed by atoms with Crippen molar-refractivity contribution in [1.82, 2.24) is 9.80 Å². The molecule has 190 valence electrons. The fourth-order valence-electron chi connectivity index (χ4n) is 3.83. The van der Waals surface area contributed by atoms with E-state index < -0.39 is 10.0 Å². The van der Waals surface area contributed by atoms with Crippen molar-refractivity contribution in [3.63, 3.8) is 0 Å². The third-order valence-corrected chi connectivity index (χ3v) is 7.52. The Hall–Kier alpha value is -3.26.